The quantitative estimate of drug-likeness (QED) is 0.0311. The number of allylic oxidation sites excluding steroid dienone is 1. The second-order valence-electron chi connectivity index (χ2n) is 18.8. The third kappa shape index (κ3) is 16.3. The molecular formula is C52H64F2N6O18P2. The molecule has 28 heteroatoms. The first-order valence-electron chi connectivity index (χ1n) is 25.3. The highest BCUT2D eigenvalue weighted by molar-refractivity contribution is 7.52. The average molecular weight is 1160 g/mol. The van der Waals surface area contributed by atoms with Crippen LogP contribution in [0.2, 0.25) is 0 Å². The number of anilines is 1. The first-order valence-corrected chi connectivity index (χ1v) is 28.4. The molecule has 12 atom stereocenters. The van der Waals surface area contributed by atoms with Gasteiger partial charge in [-0.05, 0) is 89.1 Å². The van der Waals surface area contributed by atoms with E-state index in [1.54, 1.807) is 66.7 Å². The Hall–Kier alpha value is -6.57. The number of amides is 2. The molecular weight excluding hydrogens is 1100 g/mol. The van der Waals surface area contributed by atoms with Gasteiger partial charge in [-0.1, -0.05) is 68.4 Å². The first-order chi connectivity index (χ1) is 37.9. The van der Waals surface area contributed by atoms with E-state index >= 15 is 8.78 Å². The number of aliphatic hydroxyl groups is 2. The normalized spacial score (nSPS) is 25.7. The van der Waals surface area contributed by atoms with Crippen LogP contribution in [0.15, 0.2) is 120 Å². The van der Waals surface area contributed by atoms with Gasteiger partial charge in [0.15, 0.2) is 29.6 Å². The van der Waals surface area contributed by atoms with E-state index < -0.39 is 131 Å². The number of aromatic nitrogens is 2. The number of benzene rings is 3. The molecule has 3 aromatic carbocycles. The summed E-state index contributed by atoms with van der Waals surface area (Å²) in [6.07, 6.45) is -5.51. The summed E-state index contributed by atoms with van der Waals surface area (Å²) in [7, 11) is -8.62. The number of aliphatic hydroxyl groups excluding tert-OH is 2. The van der Waals surface area contributed by atoms with E-state index in [0.717, 1.165) is 35.6 Å². The number of para-hydroxylation sites is 2. The van der Waals surface area contributed by atoms with Crippen molar-refractivity contribution in [2.24, 2.45) is 0 Å². The van der Waals surface area contributed by atoms with E-state index in [2.05, 4.69) is 20.5 Å². The predicted octanol–water partition coefficient (Wildman–Crippen LogP) is 5.87. The Labute approximate surface area is 459 Å². The fourth-order valence-electron chi connectivity index (χ4n) is 7.89. The van der Waals surface area contributed by atoms with Crippen LogP contribution in [0, 0.1) is 0 Å². The number of esters is 2. The molecule has 0 bridgehead atoms. The van der Waals surface area contributed by atoms with Crippen LogP contribution in [0.3, 0.4) is 0 Å². The largest absolute Gasteiger partial charge is 0.465 e. The van der Waals surface area contributed by atoms with Gasteiger partial charge < -0.3 is 43.5 Å². The van der Waals surface area contributed by atoms with Gasteiger partial charge in [0.25, 0.3) is 5.91 Å². The standard InChI is InChI=1S/C29H34FN4O9P.C23H30FN2O9P/c1-4-17-40-26(37)19(2)33-44(39,43-21-13-9-6-10-14-21)41-18-22-24(35)29(3,30)27(42-22)34-16-15-23(32-28(34)38)31-25(36)20-11-7-5-8-12-20;1-4-12-32-21(30)15(2)25-36(31,35-17-8-6-5-7-9-17)33-14-18-20(29)23(3,24)22(34-18)26-11-10-16(27)13-19(26)28/h5-16,19,22,24,27,35H,4,17-18H2,1-3H3,(H,33,39)(H,31,32,36,38);5-11,15,18,20,22,29H,4,12-14H2,1-3H3,(H,25,31)/t19-,22+,24+,27+,29+,44?;15-,18+,20+,22+,23+,36?/m00/s1. The number of rotatable bonds is 24. The monoisotopic (exact) mass is 1160 g/mol. The molecule has 2 saturated heterocycles. The lowest BCUT2D eigenvalue weighted by molar-refractivity contribution is -0.150. The third-order valence-electron chi connectivity index (χ3n) is 12.1. The van der Waals surface area contributed by atoms with Crippen LogP contribution in [0.1, 0.15) is 77.4 Å². The minimum absolute atomic E-state index is 0.0734. The molecule has 3 aliphatic heterocycles. The Bertz CT molecular complexity index is 2960. The van der Waals surface area contributed by atoms with E-state index in [9.17, 15) is 48.1 Å². The molecule has 24 nitrogen and oxygen atoms in total. The van der Waals surface area contributed by atoms with Crippen molar-refractivity contribution in [2.45, 2.75) is 121 Å². The highest BCUT2D eigenvalue weighted by Gasteiger charge is 2.58. The Morgan fingerprint density at radius 3 is 1.62 bits per heavy atom. The number of ether oxygens (including phenoxy) is 4. The van der Waals surface area contributed by atoms with Crippen molar-refractivity contribution in [1.82, 2.24) is 24.6 Å². The molecule has 3 aliphatic rings. The summed E-state index contributed by atoms with van der Waals surface area (Å²) in [5, 5.41) is 28.9. The minimum atomic E-state index is -4.34. The average Bonchev–Trinajstić information content (AvgIpc) is 3.97. The van der Waals surface area contributed by atoms with Crippen LogP contribution < -0.4 is 30.2 Å². The Morgan fingerprint density at radius 2 is 1.18 bits per heavy atom. The zero-order valence-electron chi connectivity index (χ0n) is 44.5. The number of carbonyl (C=O) groups excluding carboxylic acids is 5. The van der Waals surface area contributed by atoms with E-state index in [1.807, 2.05) is 13.8 Å². The molecule has 1 aromatic heterocycles. The SMILES string of the molecule is CCCOC(=O)[C@H](C)NP(=O)(OC[C@H]1O[C@@H](N2C=CC(=O)CC2=O)[C@](C)(F)[C@@H]1O)Oc1ccccc1.CCCOC(=O)[C@H](C)NP(=O)(OC[C@H]1O[C@@H](n2ccc(NC(=O)c3ccccc3)nc2=O)[C@](C)(F)[C@@H]1O)Oc1ccccc1. The molecule has 4 aromatic rings. The van der Waals surface area contributed by atoms with Crippen LogP contribution in [0.4, 0.5) is 14.6 Å². The molecule has 0 saturated carbocycles. The first kappa shape index (κ1) is 62.6. The molecule has 80 heavy (non-hydrogen) atoms. The van der Waals surface area contributed by atoms with Gasteiger partial charge in [0.2, 0.25) is 5.91 Å². The lowest BCUT2D eigenvalue weighted by Crippen LogP contribution is -2.51. The summed E-state index contributed by atoms with van der Waals surface area (Å²) < 4.78 is 103. The van der Waals surface area contributed by atoms with Crippen LogP contribution in [0.5, 0.6) is 11.5 Å². The highest BCUT2D eigenvalue weighted by Crippen LogP contribution is 2.49. The Balaban J connectivity index is 0.000000263. The number of ketones is 1. The maximum atomic E-state index is 15.9. The van der Waals surface area contributed by atoms with Crippen LogP contribution in [0.25, 0.3) is 0 Å². The van der Waals surface area contributed by atoms with Gasteiger partial charge >= 0.3 is 33.1 Å². The van der Waals surface area contributed by atoms with Crippen molar-refractivity contribution < 1.29 is 89.1 Å². The van der Waals surface area contributed by atoms with Crippen molar-refractivity contribution in [1.29, 1.82) is 0 Å². The smallest absolute Gasteiger partial charge is 0.459 e. The maximum absolute atomic E-state index is 15.9. The van der Waals surface area contributed by atoms with Crippen molar-refractivity contribution in [3.63, 3.8) is 0 Å². The molecule has 0 aliphatic carbocycles. The Kier molecular flexibility index (Phi) is 21.7. The molecule has 0 spiro atoms. The molecule has 2 fully saturated rings. The zero-order chi connectivity index (χ0) is 58.4. The molecule has 4 heterocycles. The summed E-state index contributed by atoms with van der Waals surface area (Å²) in [5.41, 5.74) is -5.58. The molecule has 2 unspecified atom stereocenters. The van der Waals surface area contributed by atoms with Crippen LogP contribution in [-0.4, -0.2) is 135 Å². The van der Waals surface area contributed by atoms with Crippen LogP contribution in [-0.2, 0) is 56.3 Å². The van der Waals surface area contributed by atoms with E-state index in [1.165, 1.54) is 50.4 Å². The molecule has 0 radical (unpaired) electrons. The van der Waals surface area contributed by atoms with E-state index in [-0.39, 0.29) is 30.5 Å². The Morgan fingerprint density at radius 1 is 0.725 bits per heavy atom. The number of halogens is 2. The third-order valence-corrected chi connectivity index (χ3v) is 15.4. The van der Waals surface area contributed by atoms with E-state index in [4.69, 9.17) is 37.0 Å². The number of carbonyl (C=O) groups is 5. The second kappa shape index (κ2) is 27.7. The highest BCUT2D eigenvalue weighted by atomic mass is 31.2. The fourth-order valence-corrected chi connectivity index (χ4v) is 10.9. The number of nitrogens with zero attached hydrogens (tertiary/aromatic N) is 3. The zero-order valence-corrected chi connectivity index (χ0v) is 46.2. The predicted molar refractivity (Wildman–Crippen MR) is 281 cm³/mol. The van der Waals surface area contributed by atoms with Gasteiger partial charge in [-0.25, -0.2) is 22.7 Å². The molecule has 7 rings (SSSR count). The number of alkyl halides is 2. The fraction of sp³-hybridized carbons (Fsp3) is 0.442. The van der Waals surface area contributed by atoms with Crippen molar-refractivity contribution in [3.8, 4) is 11.5 Å². The van der Waals surface area contributed by atoms with Crippen LogP contribution >= 0.6 is 15.5 Å². The lowest BCUT2D eigenvalue weighted by Gasteiger charge is -2.32. The van der Waals surface area contributed by atoms with Crippen molar-refractivity contribution in [3.05, 3.63) is 132 Å². The number of hydrogen-bond acceptors (Lipinski definition) is 19. The summed E-state index contributed by atoms with van der Waals surface area (Å²) >= 11 is 0. The summed E-state index contributed by atoms with van der Waals surface area (Å²) in [6.45, 7) is 7.59. The van der Waals surface area contributed by atoms with Crippen molar-refractivity contribution in [2.75, 3.05) is 31.7 Å². The van der Waals surface area contributed by atoms with Gasteiger partial charge in [-0.2, -0.15) is 15.2 Å². The topological polar surface area (TPSA) is 308 Å². The number of nitrogens with one attached hydrogen (secondary N) is 3. The second-order valence-corrected chi connectivity index (χ2v) is 22.1. The van der Waals surface area contributed by atoms with Gasteiger partial charge in [-0.3, -0.25) is 42.5 Å². The lowest BCUT2D eigenvalue weighted by atomic mass is 9.97. The van der Waals surface area contributed by atoms with Gasteiger partial charge in [0.1, 0.15) is 53.8 Å². The summed E-state index contributed by atoms with van der Waals surface area (Å²) in [4.78, 5) is 78.2. The maximum Gasteiger partial charge on any atom is 0.459 e. The summed E-state index contributed by atoms with van der Waals surface area (Å²) in [6, 6.07) is 23.4. The molecule has 434 valence electrons. The minimum Gasteiger partial charge on any atom is -0.465 e. The molecule has 2 amide bonds. The number of hydrogen-bond donors (Lipinski definition) is 5. The van der Waals surface area contributed by atoms with Crippen molar-refractivity contribution >= 4 is 50.8 Å². The van der Waals surface area contributed by atoms with Gasteiger partial charge in [-0.15, -0.1) is 0 Å². The molecule has 5 N–H and O–H groups in total. The summed E-state index contributed by atoms with van der Waals surface area (Å²) in [5.74, 6) is -2.77. The van der Waals surface area contributed by atoms with Gasteiger partial charge in [0, 0.05) is 18.0 Å². The van der Waals surface area contributed by atoms with E-state index in [0.29, 0.717) is 18.4 Å². The van der Waals surface area contributed by atoms with Gasteiger partial charge in [0.05, 0.1) is 32.8 Å².